The van der Waals surface area contributed by atoms with Crippen LogP contribution in [0.2, 0.25) is 0 Å². The van der Waals surface area contributed by atoms with Crippen molar-refractivity contribution in [2.75, 3.05) is 7.11 Å². The molecule has 2 amide bonds. The van der Waals surface area contributed by atoms with Crippen molar-refractivity contribution in [3.05, 3.63) is 101 Å². The van der Waals surface area contributed by atoms with Crippen molar-refractivity contribution in [1.29, 1.82) is 0 Å². The molecule has 0 spiro atoms. The number of carboxylic acid groups (broad SMARTS) is 1. The number of hydrogen-bond acceptors (Lipinski definition) is 8. The first-order chi connectivity index (χ1) is 21.2. The summed E-state index contributed by atoms with van der Waals surface area (Å²) >= 11 is 0. The van der Waals surface area contributed by atoms with E-state index in [4.69, 9.17) is 9.47 Å². The van der Waals surface area contributed by atoms with E-state index in [1.807, 2.05) is 30.3 Å². The van der Waals surface area contributed by atoms with Gasteiger partial charge in [-0.05, 0) is 60.0 Å². The first-order valence-corrected chi connectivity index (χ1v) is 14.0. The van der Waals surface area contributed by atoms with Crippen LogP contribution in [-0.2, 0) is 27.4 Å². The van der Waals surface area contributed by atoms with E-state index in [1.165, 1.54) is 25.3 Å². The number of aliphatic carboxylic acids is 1. The van der Waals surface area contributed by atoms with Crippen molar-refractivity contribution in [2.45, 2.75) is 44.9 Å². The van der Waals surface area contributed by atoms with Gasteiger partial charge in [0, 0.05) is 11.8 Å². The molecule has 0 aliphatic heterocycles. The van der Waals surface area contributed by atoms with Crippen LogP contribution in [-0.4, -0.2) is 58.1 Å². The number of ether oxygens (including phenoxy) is 2. The predicted octanol–water partition coefficient (Wildman–Crippen LogP) is 4.02. The lowest BCUT2D eigenvalue weighted by molar-refractivity contribution is -0.143. The Hall–Kier alpha value is -5.45. The predicted molar refractivity (Wildman–Crippen MR) is 161 cm³/mol. The third-order valence-corrected chi connectivity index (χ3v) is 6.85. The van der Waals surface area contributed by atoms with Crippen molar-refractivity contribution in [3.63, 3.8) is 0 Å². The average Bonchev–Trinajstić information content (AvgIpc) is 3.03. The fraction of sp³-hybridized carbons (Fsp3) is 0.242. The topological polar surface area (TPSA) is 164 Å². The third kappa shape index (κ3) is 8.09. The Morgan fingerprint density at radius 2 is 1.55 bits per heavy atom. The van der Waals surface area contributed by atoms with Crippen LogP contribution in [0.15, 0.2) is 78.9 Å². The summed E-state index contributed by atoms with van der Waals surface area (Å²) in [6.07, 6.45) is 0.812. The number of para-hydroxylation sites is 1. The molecule has 3 aromatic carbocycles. The van der Waals surface area contributed by atoms with Gasteiger partial charge in [-0.25, -0.2) is 14.6 Å². The SMILES string of the molecule is CCC[C@H](NC(=O)c1cc(C(=O)N[C@@H](Cc2ccc(O)cc2)C(=O)OC)nc2ccc(COc3ccccc3)cc12)C(=O)O. The summed E-state index contributed by atoms with van der Waals surface area (Å²) in [7, 11) is 1.20. The smallest absolute Gasteiger partial charge is 0.328 e. The molecule has 228 valence electrons. The number of amides is 2. The highest BCUT2D eigenvalue weighted by Gasteiger charge is 2.26. The van der Waals surface area contributed by atoms with E-state index < -0.39 is 35.8 Å². The van der Waals surface area contributed by atoms with Crippen LogP contribution < -0.4 is 15.4 Å². The standard InChI is InChI=1S/C33H33N3O8/c1-3-7-27(32(40)41)35-30(38)25-18-28(31(39)36-29(33(42)43-2)17-20-10-13-22(37)14-11-20)34-26-15-12-21(16-24(25)26)19-44-23-8-5-4-6-9-23/h4-6,8-16,18,27,29,37H,3,7,17,19H2,1-2H3,(H,35,38)(H,36,39)(H,40,41)/t27-,29-/m0/s1. The van der Waals surface area contributed by atoms with Gasteiger partial charge in [-0.15, -0.1) is 0 Å². The first kappa shape index (κ1) is 31.5. The molecule has 0 unspecified atom stereocenters. The summed E-state index contributed by atoms with van der Waals surface area (Å²) in [5.41, 5.74) is 1.57. The number of esters is 1. The van der Waals surface area contributed by atoms with Crippen molar-refractivity contribution in [3.8, 4) is 11.5 Å². The van der Waals surface area contributed by atoms with Crippen molar-refractivity contribution in [2.24, 2.45) is 0 Å². The van der Waals surface area contributed by atoms with Gasteiger partial charge in [0.25, 0.3) is 11.8 Å². The largest absolute Gasteiger partial charge is 0.508 e. The minimum absolute atomic E-state index is 0.0391. The Morgan fingerprint density at radius 1 is 0.864 bits per heavy atom. The molecule has 0 aliphatic carbocycles. The maximum absolute atomic E-state index is 13.5. The minimum Gasteiger partial charge on any atom is -0.508 e. The summed E-state index contributed by atoms with van der Waals surface area (Å²) in [4.78, 5) is 55.7. The second-order valence-corrected chi connectivity index (χ2v) is 10.1. The van der Waals surface area contributed by atoms with Gasteiger partial charge in [0.2, 0.25) is 0 Å². The molecule has 0 saturated carbocycles. The summed E-state index contributed by atoms with van der Waals surface area (Å²) in [5.74, 6) is -2.60. The normalized spacial score (nSPS) is 12.1. The fourth-order valence-corrected chi connectivity index (χ4v) is 4.57. The van der Waals surface area contributed by atoms with Crippen LogP contribution >= 0.6 is 0 Å². The van der Waals surface area contributed by atoms with Gasteiger partial charge in [0.1, 0.15) is 35.9 Å². The number of nitrogens with zero attached hydrogens (tertiary/aromatic N) is 1. The molecule has 0 fully saturated rings. The summed E-state index contributed by atoms with van der Waals surface area (Å²) in [5, 5.41) is 24.8. The number of aromatic hydroxyl groups is 1. The fourth-order valence-electron chi connectivity index (χ4n) is 4.57. The number of carboxylic acids is 1. The highest BCUT2D eigenvalue weighted by atomic mass is 16.5. The monoisotopic (exact) mass is 599 g/mol. The summed E-state index contributed by atoms with van der Waals surface area (Å²) in [6.45, 7) is 2.00. The minimum atomic E-state index is -1.18. The average molecular weight is 600 g/mol. The Balaban J connectivity index is 1.68. The van der Waals surface area contributed by atoms with Gasteiger partial charge in [-0.3, -0.25) is 9.59 Å². The zero-order valence-electron chi connectivity index (χ0n) is 24.3. The molecule has 2 atom stereocenters. The van der Waals surface area contributed by atoms with Gasteiger partial charge < -0.3 is 30.3 Å². The van der Waals surface area contributed by atoms with Crippen LogP contribution in [0.5, 0.6) is 11.5 Å². The van der Waals surface area contributed by atoms with Crippen molar-refractivity contribution >= 4 is 34.7 Å². The van der Waals surface area contributed by atoms with Crippen LogP contribution in [0.25, 0.3) is 10.9 Å². The van der Waals surface area contributed by atoms with Gasteiger partial charge in [0.15, 0.2) is 0 Å². The molecular weight excluding hydrogens is 566 g/mol. The molecule has 4 rings (SSSR count). The number of methoxy groups -OCH3 is 1. The van der Waals surface area contributed by atoms with E-state index in [-0.39, 0.29) is 36.5 Å². The molecule has 11 nitrogen and oxygen atoms in total. The van der Waals surface area contributed by atoms with Crippen molar-refractivity contribution < 1.29 is 38.9 Å². The number of phenolic OH excluding ortho intramolecular Hbond substituents is 1. The number of carbonyl (C=O) groups excluding carboxylic acids is 3. The number of fused-ring (bicyclic) bond motifs is 1. The molecule has 0 radical (unpaired) electrons. The second kappa shape index (κ2) is 14.6. The van der Waals surface area contributed by atoms with Gasteiger partial charge >= 0.3 is 11.9 Å². The molecule has 4 aromatic rings. The Labute approximate surface area is 253 Å². The number of hydrogen-bond donors (Lipinski definition) is 4. The number of carbonyl (C=O) groups is 4. The van der Waals surface area contributed by atoms with Gasteiger partial charge in [-0.1, -0.05) is 49.7 Å². The number of phenols is 1. The lowest BCUT2D eigenvalue weighted by Crippen LogP contribution is -2.43. The number of nitrogens with one attached hydrogen (secondary N) is 2. The molecule has 11 heteroatoms. The maximum atomic E-state index is 13.5. The molecule has 1 aromatic heterocycles. The van der Waals surface area contributed by atoms with E-state index in [9.17, 15) is 29.4 Å². The number of aromatic nitrogens is 1. The summed E-state index contributed by atoms with van der Waals surface area (Å²) < 4.78 is 10.7. The number of benzene rings is 3. The molecule has 0 aliphatic rings. The lowest BCUT2D eigenvalue weighted by Gasteiger charge is -2.18. The summed E-state index contributed by atoms with van der Waals surface area (Å²) in [6, 6.07) is 19.5. The highest BCUT2D eigenvalue weighted by Crippen LogP contribution is 2.23. The van der Waals surface area contributed by atoms with E-state index in [2.05, 4.69) is 15.6 Å². The van der Waals surface area contributed by atoms with Gasteiger partial charge in [0.05, 0.1) is 18.2 Å². The molecule has 0 bridgehead atoms. The van der Waals surface area contributed by atoms with Crippen LogP contribution in [0.1, 0.15) is 51.7 Å². The van der Waals surface area contributed by atoms with E-state index in [0.717, 1.165) is 5.56 Å². The van der Waals surface area contributed by atoms with Crippen LogP contribution in [0.4, 0.5) is 0 Å². The Kier molecular flexibility index (Phi) is 10.5. The first-order valence-electron chi connectivity index (χ1n) is 14.0. The quantitative estimate of drug-likeness (QED) is 0.166. The zero-order chi connectivity index (χ0) is 31.6. The Morgan fingerprint density at radius 3 is 2.20 bits per heavy atom. The zero-order valence-corrected chi connectivity index (χ0v) is 24.3. The molecule has 0 saturated heterocycles. The molecule has 1 heterocycles. The third-order valence-electron chi connectivity index (χ3n) is 6.85. The Bertz CT molecular complexity index is 1640. The highest BCUT2D eigenvalue weighted by molar-refractivity contribution is 6.09. The molecular formula is C33H33N3O8. The van der Waals surface area contributed by atoms with Crippen molar-refractivity contribution in [1.82, 2.24) is 15.6 Å². The van der Waals surface area contributed by atoms with E-state index in [1.54, 1.807) is 37.3 Å². The molecule has 44 heavy (non-hydrogen) atoms. The number of pyridine rings is 1. The molecule has 4 N–H and O–H groups in total. The van der Waals surface area contributed by atoms with Crippen LogP contribution in [0.3, 0.4) is 0 Å². The van der Waals surface area contributed by atoms with E-state index >= 15 is 0 Å². The van der Waals surface area contributed by atoms with E-state index in [0.29, 0.717) is 28.6 Å². The van der Waals surface area contributed by atoms with Gasteiger partial charge in [-0.2, -0.15) is 0 Å². The second-order valence-electron chi connectivity index (χ2n) is 10.1. The number of rotatable bonds is 13. The maximum Gasteiger partial charge on any atom is 0.328 e. The lowest BCUT2D eigenvalue weighted by atomic mass is 10.0. The van der Waals surface area contributed by atoms with Crippen LogP contribution in [0, 0.1) is 0 Å².